The molecule has 2 amide bonds. The molecule has 4 saturated heterocycles. The van der Waals surface area contributed by atoms with Crippen LogP contribution in [-0.4, -0.2) is 256 Å². The predicted octanol–water partition coefficient (Wildman–Crippen LogP) is 14.4. The molecule has 0 aliphatic carbocycles. The number of aliphatic carboxylic acids is 2. The highest BCUT2D eigenvalue weighted by Gasteiger charge is 2.44. The van der Waals surface area contributed by atoms with Crippen LogP contribution in [0.15, 0.2) is 218 Å². The Kier molecular flexibility index (Phi) is 39.3. The number of ether oxygens (including phenoxy) is 1. The van der Waals surface area contributed by atoms with Crippen LogP contribution < -0.4 is 20.0 Å². The van der Waals surface area contributed by atoms with Crippen LogP contribution in [0.2, 0.25) is 0 Å². The van der Waals surface area contributed by atoms with E-state index in [0.717, 1.165) is 72.6 Å². The number of carboxylic acid groups (broad SMARTS) is 2. The lowest BCUT2D eigenvalue weighted by atomic mass is 9.80. The first kappa shape index (κ1) is 101. The second-order valence-electron chi connectivity index (χ2n) is 32.8. The number of piperazine rings is 3. The predicted molar refractivity (Wildman–Crippen MR) is 494 cm³/mol. The van der Waals surface area contributed by atoms with Crippen molar-refractivity contribution in [3.05, 3.63) is 269 Å². The molecule has 0 bridgehead atoms. The summed E-state index contributed by atoms with van der Waals surface area (Å²) in [5.74, 6) is -2.79. The van der Waals surface area contributed by atoms with E-state index in [1.165, 1.54) is 23.4 Å². The highest BCUT2D eigenvalue weighted by molar-refractivity contribution is 6.06. The maximum Gasteiger partial charge on any atom is 0.314 e. The number of rotatable bonds is 33. The number of carboxylic acids is 2. The molecule has 4 atom stereocenters. The number of nitrogens with zero attached hydrogens (tertiary/aromatic N) is 9. The topological polar surface area (TPSA) is 262 Å². The molecule has 4 fully saturated rings. The Balaban J connectivity index is 0.000000224. The zero-order chi connectivity index (χ0) is 90.2. The van der Waals surface area contributed by atoms with Crippen LogP contribution in [0.1, 0.15) is 163 Å². The normalized spacial score (nSPS) is 15.8. The minimum atomic E-state index is -0.952. The number of nitrogens with one attached hydrogen (secondary N) is 1. The molecule has 4 aliphatic heterocycles. The molecule has 0 saturated carbocycles. The summed E-state index contributed by atoms with van der Waals surface area (Å²) in [7, 11) is 15.7. The number of hydrogen-bond acceptors (Lipinski definition) is 19. The van der Waals surface area contributed by atoms with Crippen LogP contribution in [0, 0.1) is 5.82 Å². The van der Waals surface area contributed by atoms with E-state index in [1.807, 2.05) is 224 Å². The zero-order valence-electron chi connectivity index (χ0n) is 74.5. The van der Waals surface area contributed by atoms with Crippen LogP contribution >= 0.6 is 0 Å². The number of cyclic esters (lactones) is 2. The van der Waals surface area contributed by atoms with Crippen LogP contribution in [0.5, 0.6) is 0 Å². The van der Waals surface area contributed by atoms with Crippen molar-refractivity contribution in [2.75, 3.05) is 150 Å². The smallest absolute Gasteiger partial charge is 0.314 e. The molecule has 23 nitrogen and oxygen atoms in total. The van der Waals surface area contributed by atoms with E-state index in [1.54, 1.807) is 21.9 Å². The molecule has 0 spiro atoms. The summed E-state index contributed by atoms with van der Waals surface area (Å²) in [4.78, 5) is 138. The molecular formula is C101H131FN10O13. The first-order chi connectivity index (χ1) is 59.4. The molecular weight excluding hydrogens is 1580 g/mol. The average Bonchev–Trinajstić information content (AvgIpc) is 1.58. The molecule has 24 heteroatoms. The van der Waals surface area contributed by atoms with Gasteiger partial charge >= 0.3 is 23.9 Å². The Labute approximate surface area is 739 Å². The minimum absolute atomic E-state index is 0. The molecule has 0 radical (unpaired) electrons. The number of esters is 2. The number of amides is 2. The number of carbonyl (C=O) groups excluding carboxylic acids is 8. The second-order valence-corrected chi connectivity index (χ2v) is 32.8. The molecule has 4 unspecified atom stereocenters. The number of benzene rings is 8. The first-order valence-corrected chi connectivity index (χ1v) is 43.2. The van der Waals surface area contributed by atoms with E-state index in [2.05, 4.69) is 99.0 Å². The van der Waals surface area contributed by atoms with E-state index in [9.17, 15) is 52.3 Å². The molecule has 12 rings (SSSR count). The van der Waals surface area contributed by atoms with Crippen molar-refractivity contribution < 1.29 is 67.3 Å². The fraction of sp³-hybridized carbons (Fsp3) is 0.426. The van der Waals surface area contributed by atoms with Gasteiger partial charge in [0.05, 0.1) is 47.8 Å². The van der Waals surface area contributed by atoms with Gasteiger partial charge in [0.1, 0.15) is 5.82 Å². The quantitative estimate of drug-likeness (QED) is 0.0196. The highest BCUT2D eigenvalue weighted by Crippen LogP contribution is 2.34. The van der Waals surface area contributed by atoms with Gasteiger partial charge in [0.25, 0.3) is 0 Å². The molecule has 8 aromatic carbocycles. The van der Waals surface area contributed by atoms with Crippen LogP contribution in [0.25, 0.3) is 0 Å². The van der Waals surface area contributed by atoms with Gasteiger partial charge in [-0.15, -0.1) is 0 Å². The van der Waals surface area contributed by atoms with Crippen molar-refractivity contribution in [3.63, 3.8) is 0 Å². The maximum absolute atomic E-state index is 13.7. The van der Waals surface area contributed by atoms with Gasteiger partial charge in [-0.25, -0.2) is 4.39 Å². The van der Waals surface area contributed by atoms with E-state index >= 15 is 0 Å². The molecule has 125 heavy (non-hydrogen) atoms. The number of carbonyl (C=O) groups is 10. The van der Waals surface area contributed by atoms with Crippen molar-refractivity contribution in [1.29, 1.82) is 0 Å². The third-order valence-electron chi connectivity index (χ3n) is 24.7. The monoisotopic (exact) mass is 1710 g/mol. The summed E-state index contributed by atoms with van der Waals surface area (Å²) >= 11 is 0. The Morgan fingerprint density at radius 2 is 0.576 bits per heavy atom. The zero-order valence-corrected chi connectivity index (χ0v) is 74.5. The summed E-state index contributed by atoms with van der Waals surface area (Å²) in [5, 5.41) is 20.9. The number of Topliss-reactive ketones (excluding diaryl/α,β-unsaturated/α-hetero) is 4. The van der Waals surface area contributed by atoms with Gasteiger partial charge in [-0.05, 0) is 227 Å². The lowest BCUT2D eigenvalue weighted by Crippen LogP contribution is -2.52. The van der Waals surface area contributed by atoms with Crippen molar-refractivity contribution >= 4 is 75.9 Å². The van der Waals surface area contributed by atoms with E-state index < -0.39 is 46.0 Å². The third-order valence-corrected chi connectivity index (χ3v) is 24.7. The fourth-order valence-corrected chi connectivity index (χ4v) is 16.6. The molecule has 8 aromatic rings. The molecule has 4 heterocycles. The Bertz CT molecular complexity index is 4580. The average molecular weight is 1710 g/mol. The first-order valence-electron chi connectivity index (χ1n) is 43.2. The summed E-state index contributed by atoms with van der Waals surface area (Å²) < 4.78 is 17.2. The van der Waals surface area contributed by atoms with Gasteiger partial charge in [0, 0.05) is 131 Å². The lowest BCUT2D eigenvalue weighted by Gasteiger charge is -2.38. The molecule has 3 N–H and O–H groups in total. The van der Waals surface area contributed by atoms with Crippen molar-refractivity contribution in [2.24, 2.45) is 0 Å². The molecule has 4 aliphatic rings. The minimum Gasteiger partial charge on any atom is -0.481 e. The second kappa shape index (κ2) is 48.7. The number of likely N-dealkylation sites (N-methyl/N-ethyl adjacent to an activating group) is 4. The molecule has 0 aromatic heterocycles. The van der Waals surface area contributed by atoms with E-state index in [-0.39, 0.29) is 86.7 Å². The van der Waals surface area contributed by atoms with Crippen LogP contribution in [0.3, 0.4) is 0 Å². The van der Waals surface area contributed by atoms with Crippen molar-refractivity contribution in [3.8, 4) is 0 Å². The Morgan fingerprint density at radius 3 is 0.784 bits per heavy atom. The van der Waals surface area contributed by atoms with Gasteiger partial charge in [0.2, 0.25) is 11.8 Å². The summed E-state index contributed by atoms with van der Waals surface area (Å²) in [6.07, 6.45) is 5.85. The summed E-state index contributed by atoms with van der Waals surface area (Å²) in [6, 6.07) is 70.1. The largest absolute Gasteiger partial charge is 0.481 e. The van der Waals surface area contributed by atoms with Gasteiger partial charge in [-0.3, -0.25) is 67.5 Å². The van der Waals surface area contributed by atoms with E-state index in [4.69, 9.17) is 10.2 Å². The van der Waals surface area contributed by atoms with Gasteiger partial charge < -0.3 is 44.8 Å². The standard InChI is InChI=1S/2C27H35N3O4.C23H31N3O.C19H22FNO.C4H4O3.CH4/c2*1-4-27(28(2)3,20-21-8-6-5-7-9-21)26(34)22-10-12-23(13-11-22)29-16-18-30(19-17-29)24(31)14-15-25(32)33;1-4-23(25(2)3,18-19-8-6-5-7-9-19)22(27)20-10-12-21(13-11-20)26-16-14-24-15-17-26;1-4-19(21(2)3,14-15-8-6-5-7-9-15)18(22)16-10-12-17(20)13-11-16;5-3-1-2-4(6)7-3;/h2*5-13H,4,14-20H2,1-3H3,(H,32,33);5-13,24H,4,14-18H2,1-3H3;5-13H,4,14H2,1-3H3;1-2H2;1H4. The number of halogens is 1. The Hall–Kier alpha value is -11.4. The van der Waals surface area contributed by atoms with Gasteiger partial charge in [-0.1, -0.05) is 156 Å². The van der Waals surface area contributed by atoms with Gasteiger partial charge in [0.15, 0.2) is 23.1 Å². The maximum atomic E-state index is 13.7. The fourth-order valence-electron chi connectivity index (χ4n) is 16.6. The Morgan fingerprint density at radius 1 is 0.344 bits per heavy atom. The van der Waals surface area contributed by atoms with E-state index in [0.29, 0.717) is 108 Å². The van der Waals surface area contributed by atoms with Crippen LogP contribution in [0.4, 0.5) is 21.5 Å². The van der Waals surface area contributed by atoms with Gasteiger partial charge in [-0.2, -0.15) is 0 Å². The number of anilines is 3. The number of hydrogen-bond donors (Lipinski definition) is 3. The third kappa shape index (κ3) is 27.5. The lowest BCUT2D eigenvalue weighted by molar-refractivity contribution is -0.152. The highest BCUT2D eigenvalue weighted by atomic mass is 19.1. The molecule has 670 valence electrons. The summed E-state index contributed by atoms with van der Waals surface area (Å²) in [6.45, 7) is 17.3. The van der Waals surface area contributed by atoms with Crippen molar-refractivity contribution in [1.82, 2.24) is 34.7 Å². The number of ketones is 4. The van der Waals surface area contributed by atoms with Crippen molar-refractivity contribution in [2.45, 2.75) is 147 Å². The summed E-state index contributed by atoms with van der Waals surface area (Å²) in [5.41, 5.74) is 8.15. The van der Waals surface area contributed by atoms with Crippen LogP contribution in [-0.2, 0) is 59.2 Å². The SMILES string of the molecule is C.CCC(Cc1ccccc1)(C(=O)c1ccc(F)cc1)N(C)C.CCC(Cc1ccccc1)(C(=O)c1ccc(N2CCN(C(=O)CCC(=O)O)CC2)cc1)N(C)C.CCC(Cc1ccccc1)(C(=O)c1ccc(N2CCN(C(=O)CCC(=O)O)CC2)cc1)N(C)C.CCC(Cc1ccccc1)(C(=O)c1ccc(N2CCNCC2)cc1)N(C)C.O=C1CCC(=O)O1.